The van der Waals surface area contributed by atoms with Crippen LogP contribution in [0.4, 0.5) is 5.82 Å². The zero-order chi connectivity index (χ0) is 14.7. The monoisotopic (exact) mass is 296 g/mol. The molecule has 0 radical (unpaired) electrons. The number of rotatable bonds is 4. The summed E-state index contributed by atoms with van der Waals surface area (Å²) in [6, 6.07) is 1.70. The highest BCUT2D eigenvalue weighted by molar-refractivity contribution is 6.33. The molecule has 1 aliphatic heterocycles. The van der Waals surface area contributed by atoms with Gasteiger partial charge in [0.05, 0.1) is 10.6 Å². The first-order chi connectivity index (χ1) is 9.51. The Bertz CT molecular complexity index is 494. The predicted molar refractivity (Wildman–Crippen MR) is 81.4 cm³/mol. The first-order valence-electron chi connectivity index (χ1n) is 6.78. The fourth-order valence-electron chi connectivity index (χ4n) is 2.59. The minimum atomic E-state index is -0.0524. The number of carbonyl (C=O) groups is 1. The molecule has 1 fully saturated rings. The molecule has 1 aromatic heterocycles. The molecule has 20 heavy (non-hydrogen) atoms. The molecule has 0 saturated carbocycles. The van der Waals surface area contributed by atoms with Gasteiger partial charge in [-0.3, -0.25) is 4.79 Å². The minimum absolute atomic E-state index is 0.0524. The van der Waals surface area contributed by atoms with Crippen molar-refractivity contribution in [2.45, 2.75) is 6.42 Å². The molecule has 110 valence electrons. The topological polar surface area (TPSA) is 48.5 Å². The molecule has 1 aliphatic rings. The van der Waals surface area contributed by atoms with Gasteiger partial charge in [0.1, 0.15) is 5.82 Å². The van der Waals surface area contributed by atoms with Gasteiger partial charge < -0.3 is 15.1 Å². The Balaban J connectivity index is 2.06. The normalized spacial score (nSPS) is 19.1. The zero-order valence-electron chi connectivity index (χ0n) is 12.2. The summed E-state index contributed by atoms with van der Waals surface area (Å²) >= 11 is 6.09. The lowest BCUT2D eigenvalue weighted by molar-refractivity contribution is 0.0774. The lowest BCUT2D eigenvalue weighted by Crippen LogP contribution is -2.33. The first kappa shape index (κ1) is 15.1. The lowest BCUT2D eigenvalue weighted by atomic mass is 10.1. The smallest absolute Gasteiger partial charge is 0.255 e. The number of hydrogen-bond donors (Lipinski definition) is 1. The van der Waals surface area contributed by atoms with E-state index in [1.54, 1.807) is 18.0 Å². The number of pyridine rings is 1. The number of nitrogens with zero attached hydrogens (tertiary/aromatic N) is 3. The van der Waals surface area contributed by atoms with E-state index in [9.17, 15) is 4.79 Å². The molecular weight excluding hydrogens is 276 g/mol. The van der Waals surface area contributed by atoms with Gasteiger partial charge in [0.2, 0.25) is 0 Å². The molecule has 1 amide bonds. The third-order valence-electron chi connectivity index (χ3n) is 3.71. The maximum Gasteiger partial charge on any atom is 0.255 e. The van der Waals surface area contributed by atoms with Gasteiger partial charge in [0, 0.05) is 33.4 Å². The van der Waals surface area contributed by atoms with Crippen LogP contribution in [0.5, 0.6) is 0 Å². The van der Waals surface area contributed by atoms with E-state index in [0.717, 1.165) is 26.1 Å². The Morgan fingerprint density at radius 2 is 2.40 bits per heavy atom. The Kier molecular flexibility index (Phi) is 4.83. The third-order valence-corrected chi connectivity index (χ3v) is 4.01. The van der Waals surface area contributed by atoms with E-state index in [2.05, 4.69) is 22.2 Å². The van der Waals surface area contributed by atoms with Crippen LogP contribution in [0.3, 0.4) is 0 Å². The second kappa shape index (κ2) is 6.41. The quantitative estimate of drug-likeness (QED) is 0.920. The van der Waals surface area contributed by atoms with Crippen LogP contribution in [0.2, 0.25) is 5.02 Å². The molecule has 6 heteroatoms. The van der Waals surface area contributed by atoms with Crippen molar-refractivity contribution in [1.29, 1.82) is 0 Å². The van der Waals surface area contributed by atoms with Crippen LogP contribution < -0.4 is 5.32 Å². The Hall–Kier alpha value is -1.33. The highest BCUT2D eigenvalue weighted by Gasteiger charge is 2.24. The van der Waals surface area contributed by atoms with Crippen LogP contribution in [0.15, 0.2) is 12.3 Å². The summed E-state index contributed by atoms with van der Waals surface area (Å²) < 4.78 is 0. The molecular formula is C14H21ClN4O. The summed E-state index contributed by atoms with van der Waals surface area (Å²) in [5.74, 6) is 1.13. The molecule has 1 aromatic rings. The molecule has 0 aliphatic carbocycles. The SMILES string of the molecule is CNc1cc(C(=O)N(C)CC2CCN(C)C2)c(Cl)cn1. The highest BCUT2D eigenvalue weighted by Crippen LogP contribution is 2.21. The van der Waals surface area contributed by atoms with Gasteiger partial charge in [-0.2, -0.15) is 0 Å². The Morgan fingerprint density at radius 3 is 3.00 bits per heavy atom. The number of carbonyl (C=O) groups excluding carboxylic acids is 1. The number of hydrogen-bond acceptors (Lipinski definition) is 4. The van der Waals surface area contributed by atoms with E-state index in [4.69, 9.17) is 11.6 Å². The standard InChI is InChI=1S/C14H21ClN4O/c1-16-13-6-11(12(15)7-17-13)14(20)19(3)9-10-4-5-18(2)8-10/h6-7,10H,4-5,8-9H2,1-3H3,(H,16,17). The summed E-state index contributed by atoms with van der Waals surface area (Å²) in [7, 11) is 5.71. The Labute approximate surface area is 124 Å². The van der Waals surface area contributed by atoms with Crippen molar-refractivity contribution in [1.82, 2.24) is 14.8 Å². The minimum Gasteiger partial charge on any atom is -0.373 e. The Morgan fingerprint density at radius 1 is 1.65 bits per heavy atom. The zero-order valence-corrected chi connectivity index (χ0v) is 12.9. The molecule has 1 unspecified atom stereocenters. The van der Waals surface area contributed by atoms with Gasteiger partial charge in [-0.05, 0) is 32.0 Å². The maximum absolute atomic E-state index is 12.5. The molecule has 1 atom stereocenters. The van der Waals surface area contributed by atoms with Gasteiger partial charge >= 0.3 is 0 Å². The van der Waals surface area contributed by atoms with Gasteiger partial charge in [0.15, 0.2) is 0 Å². The fourth-order valence-corrected chi connectivity index (χ4v) is 2.77. The molecule has 0 spiro atoms. The van der Waals surface area contributed by atoms with E-state index in [1.165, 1.54) is 6.20 Å². The van der Waals surface area contributed by atoms with Crippen LogP contribution in [0.1, 0.15) is 16.8 Å². The lowest BCUT2D eigenvalue weighted by Gasteiger charge is -2.22. The number of likely N-dealkylation sites (tertiary alicyclic amines) is 1. The van der Waals surface area contributed by atoms with Crippen LogP contribution in [0, 0.1) is 5.92 Å². The van der Waals surface area contributed by atoms with E-state index >= 15 is 0 Å². The average Bonchev–Trinajstić information content (AvgIpc) is 2.84. The molecule has 1 N–H and O–H groups in total. The van der Waals surface area contributed by atoms with Crippen molar-refractivity contribution in [2.24, 2.45) is 5.92 Å². The van der Waals surface area contributed by atoms with Gasteiger partial charge in [-0.25, -0.2) is 4.98 Å². The second-order valence-corrected chi connectivity index (χ2v) is 5.81. The molecule has 1 saturated heterocycles. The highest BCUT2D eigenvalue weighted by atomic mass is 35.5. The second-order valence-electron chi connectivity index (χ2n) is 5.40. The van der Waals surface area contributed by atoms with Crippen LogP contribution in [0.25, 0.3) is 0 Å². The number of nitrogens with one attached hydrogen (secondary N) is 1. The van der Waals surface area contributed by atoms with Crippen LogP contribution in [-0.2, 0) is 0 Å². The largest absolute Gasteiger partial charge is 0.373 e. The van der Waals surface area contributed by atoms with Crippen LogP contribution in [-0.4, -0.2) is 61.5 Å². The first-order valence-corrected chi connectivity index (χ1v) is 7.16. The third kappa shape index (κ3) is 3.41. The van der Waals surface area contributed by atoms with E-state index in [0.29, 0.717) is 22.3 Å². The summed E-state index contributed by atoms with van der Waals surface area (Å²) in [6.45, 7) is 2.91. The molecule has 0 aromatic carbocycles. The number of amides is 1. The van der Waals surface area contributed by atoms with Crippen molar-refractivity contribution >= 4 is 23.3 Å². The number of anilines is 1. The van der Waals surface area contributed by atoms with Crippen molar-refractivity contribution in [3.8, 4) is 0 Å². The van der Waals surface area contributed by atoms with E-state index in [1.807, 2.05) is 7.05 Å². The van der Waals surface area contributed by atoms with Gasteiger partial charge in [-0.1, -0.05) is 11.6 Å². The van der Waals surface area contributed by atoms with Crippen LogP contribution >= 0.6 is 11.6 Å². The maximum atomic E-state index is 12.5. The molecule has 5 nitrogen and oxygen atoms in total. The van der Waals surface area contributed by atoms with Crippen molar-refractivity contribution in [3.63, 3.8) is 0 Å². The van der Waals surface area contributed by atoms with Crippen molar-refractivity contribution in [3.05, 3.63) is 22.8 Å². The number of aromatic nitrogens is 1. The average molecular weight is 297 g/mol. The van der Waals surface area contributed by atoms with E-state index in [-0.39, 0.29) is 5.91 Å². The molecule has 0 bridgehead atoms. The van der Waals surface area contributed by atoms with E-state index < -0.39 is 0 Å². The molecule has 2 rings (SSSR count). The predicted octanol–water partition coefficient (Wildman–Crippen LogP) is 1.80. The fraction of sp³-hybridized carbons (Fsp3) is 0.571. The van der Waals surface area contributed by atoms with Gasteiger partial charge in [-0.15, -0.1) is 0 Å². The van der Waals surface area contributed by atoms with Crippen molar-refractivity contribution in [2.75, 3.05) is 46.1 Å². The summed E-state index contributed by atoms with van der Waals surface area (Å²) in [4.78, 5) is 20.6. The molecule has 2 heterocycles. The van der Waals surface area contributed by atoms with Gasteiger partial charge in [0.25, 0.3) is 5.91 Å². The number of halogens is 1. The summed E-state index contributed by atoms with van der Waals surface area (Å²) in [6.07, 6.45) is 2.65. The summed E-state index contributed by atoms with van der Waals surface area (Å²) in [5.41, 5.74) is 0.500. The summed E-state index contributed by atoms with van der Waals surface area (Å²) in [5, 5.41) is 3.31. The van der Waals surface area contributed by atoms with Crippen molar-refractivity contribution < 1.29 is 4.79 Å².